The second-order valence-corrected chi connectivity index (χ2v) is 2.52. The van der Waals surface area contributed by atoms with Crippen molar-refractivity contribution in [2.45, 2.75) is 18.9 Å². The number of ether oxygens (including phenoxy) is 1. The van der Waals surface area contributed by atoms with Gasteiger partial charge in [-0.15, -0.1) is 0 Å². The molecule has 0 aromatic rings. The molecule has 0 aromatic heterocycles. The molecule has 9 heavy (non-hydrogen) atoms. The third kappa shape index (κ3) is 0.812. The number of hydrogen-bond donors (Lipinski definition) is 1. The van der Waals surface area contributed by atoms with Gasteiger partial charge < -0.3 is 9.84 Å². The van der Waals surface area contributed by atoms with Crippen molar-refractivity contribution in [3.05, 3.63) is 0 Å². The van der Waals surface area contributed by atoms with Crippen LogP contribution in [-0.4, -0.2) is 23.8 Å². The van der Waals surface area contributed by atoms with Gasteiger partial charge in [0.2, 0.25) is 0 Å². The van der Waals surface area contributed by atoms with E-state index in [9.17, 15) is 9.90 Å². The number of aliphatic hydroxyl groups is 1. The van der Waals surface area contributed by atoms with E-state index in [2.05, 4.69) is 4.74 Å². The van der Waals surface area contributed by atoms with Gasteiger partial charge in [0.15, 0.2) is 5.60 Å². The van der Waals surface area contributed by atoms with E-state index in [1.54, 1.807) is 0 Å². The summed E-state index contributed by atoms with van der Waals surface area (Å²) in [5.41, 5.74) is -1.14. The molecule has 2 atom stereocenters. The Hall–Kier alpha value is -0.570. The molecule has 1 N–H and O–H groups in total. The molecular weight excluding hydrogens is 120 g/mol. The van der Waals surface area contributed by atoms with Gasteiger partial charge in [0.05, 0.1) is 7.11 Å². The topological polar surface area (TPSA) is 46.5 Å². The van der Waals surface area contributed by atoms with Crippen LogP contribution in [0.25, 0.3) is 0 Å². The lowest BCUT2D eigenvalue weighted by Crippen LogP contribution is -2.25. The van der Waals surface area contributed by atoms with E-state index >= 15 is 0 Å². The van der Waals surface area contributed by atoms with E-state index in [-0.39, 0.29) is 5.92 Å². The molecule has 0 amide bonds. The second-order valence-electron chi connectivity index (χ2n) is 2.52. The predicted molar refractivity (Wildman–Crippen MR) is 30.7 cm³/mol. The molecule has 0 aliphatic heterocycles. The van der Waals surface area contributed by atoms with Gasteiger partial charge in [0, 0.05) is 0 Å². The Morgan fingerprint density at radius 2 is 2.33 bits per heavy atom. The summed E-state index contributed by atoms with van der Waals surface area (Å²) in [7, 11) is 1.28. The Morgan fingerprint density at radius 3 is 2.44 bits per heavy atom. The van der Waals surface area contributed by atoms with Crippen LogP contribution in [-0.2, 0) is 9.53 Å². The number of methoxy groups -OCH3 is 1. The largest absolute Gasteiger partial charge is 0.467 e. The summed E-state index contributed by atoms with van der Waals surface area (Å²) in [6.45, 7) is 1.82. The van der Waals surface area contributed by atoms with Crippen molar-refractivity contribution >= 4 is 5.97 Å². The van der Waals surface area contributed by atoms with Crippen molar-refractivity contribution in [1.82, 2.24) is 0 Å². The van der Waals surface area contributed by atoms with Crippen molar-refractivity contribution in [2.75, 3.05) is 7.11 Å². The number of carbonyl (C=O) groups is 1. The van der Waals surface area contributed by atoms with Crippen LogP contribution in [0.1, 0.15) is 13.3 Å². The molecule has 1 aliphatic carbocycles. The van der Waals surface area contributed by atoms with Crippen LogP contribution in [0.2, 0.25) is 0 Å². The normalized spacial score (nSPS) is 40.1. The quantitative estimate of drug-likeness (QED) is 0.505. The molecule has 1 aliphatic rings. The molecule has 3 heteroatoms. The fourth-order valence-electron chi connectivity index (χ4n) is 0.869. The van der Waals surface area contributed by atoms with Gasteiger partial charge in [-0.05, 0) is 12.3 Å². The molecular formula is C6H10O3. The molecule has 0 radical (unpaired) electrons. The van der Waals surface area contributed by atoms with Crippen LogP contribution < -0.4 is 0 Å². The fraction of sp³-hybridized carbons (Fsp3) is 0.833. The molecule has 0 heterocycles. The average Bonchev–Trinajstić information content (AvgIpc) is 2.41. The molecule has 0 spiro atoms. The lowest BCUT2D eigenvalue weighted by Gasteiger charge is -2.03. The lowest BCUT2D eigenvalue weighted by molar-refractivity contribution is -0.153. The molecule has 1 saturated carbocycles. The highest BCUT2D eigenvalue weighted by Crippen LogP contribution is 2.43. The Bertz CT molecular complexity index is 143. The van der Waals surface area contributed by atoms with Crippen LogP contribution in [0.5, 0.6) is 0 Å². The van der Waals surface area contributed by atoms with E-state index in [1.807, 2.05) is 6.92 Å². The zero-order valence-electron chi connectivity index (χ0n) is 5.55. The SMILES string of the molecule is COC(=O)[C@]1(O)C[C@H]1C. The highest BCUT2D eigenvalue weighted by molar-refractivity contribution is 5.83. The third-order valence-electron chi connectivity index (χ3n) is 1.81. The first-order chi connectivity index (χ1) is 4.11. The number of esters is 1. The highest BCUT2D eigenvalue weighted by atomic mass is 16.5. The standard InChI is InChI=1S/C6H10O3/c1-4-3-6(4,8)5(7)9-2/h4,8H,3H2,1-2H3/t4-,6+/m1/s1. The summed E-state index contributed by atoms with van der Waals surface area (Å²) in [6.07, 6.45) is 0.541. The third-order valence-corrected chi connectivity index (χ3v) is 1.81. The van der Waals surface area contributed by atoms with Gasteiger partial charge in [-0.3, -0.25) is 0 Å². The molecule has 1 fully saturated rings. The van der Waals surface area contributed by atoms with Gasteiger partial charge >= 0.3 is 5.97 Å². The van der Waals surface area contributed by atoms with E-state index in [0.717, 1.165) is 0 Å². The number of carbonyl (C=O) groups excluding carboxylic acids is 1. The average molecular weight is 130 g/mol. The Kier molecular flexibility index (Phi) is 1.24. The van der Waals surface area contributed by atoms with E-state index < -0.39 is 11.6 Å². The highest BCUT2D eigenvalue weighted by Gasteiger charge is 2.57. The Morgan fingerprint density at radius 1 is 1.89 bits per heavy atom. The number of hydrogen-bond acceptors (Lipinski definition) is 3. The first-order valence-corrected chi connectivity index (χ1v) is 2.92. The molecule has 3 nitrogen and oxygen atoms in total. The van der Waals surface area contributed by atoms with Crippen molar-refractivity contribution in [2.24, 2.45) is 5.92 Å². The molecule has 0 unspecified atom stereocenters. The maximum atomic E-state index is 10.6. The molecule has 0 aromatic carbocycles. The van der Waals surface area contributed by atoms with Crippen molar-refractivity contribution in [3.8, 4) is 0 Å². The van der Waals surface area contributed by atoms with Gasteiger partial charge in [0.25, 0.3) is 0 Å². The molecule has 52 valence electrons. The minimum atomic E-state index is -1.14. The van der Waals surface area contributed by atoms with Gasteiger partial charge in [0.1, 0.15) is 0 Å². The zero-order chi connectivity index (χ0) is 7.07. The predicted octanol–water partition coefficient (Wildman–Crippen LogP) is -0.0697. The molecule has 0 bridgehead atoms. The fourth-order valence-corrected chi connectivity index (χ4v) is 0.869. The van der Waals surface area contributed by atoms with E-state index in [0.29, 0.717) is 6.42 Å². The summed E-state index contributed by atoms with van der Waals surface area (Å²) in [4.78, 5) is 10.6. The second kappa shape index (κ2) is 1.70. The zero-order valence-corrected chi connectivity index (χ0v) is 5.55. The van der Waals surface area contributed by atoms with Crippen LogP contribution in [0.3, 0.4) is 0 Å². The van der Waals surface area contributed by atoms with Gasteiger partial charge in [-0.25, -0.2) is 4.79 Å². The maximum Gasteiger partial charge on any atom is 0.338 e. The number of rotatable bonds is 1. The molecule has 1 rings (SSSR count). The summed E-state index contributed by atoms with van der Waals surface area (Å²) >= 11 is 0. The first-order valence-electron chi connectivity index (χ1n) is 2.92. The monoisotopic (exact) mass is 130 g/mol. The van der Waals surface area contributed by atoms with Crippen molar-refractivity contribution < 1.29 is 14.6 Å². The minimum absolute atomic E-state index is 0.0740. The Balaban J connectivity index is 2.53. The molecule has 0 saturated heterocycles. The minimum Gasteiger partial charge on any atom is -0.467 e. The summed E-state index contributed by atoms with van der Waals surface area (Å²) < 4.78 is 4.36. The smallest absolute Gasteiger partial charge is 0.338 e. The lowest BCUT2D eigenvalue weighted by atomic mass is 10.3. The Labute approximate surface area is 53.6 Å². The summed E-state index contributed by atoms with van der Waals surface area (Å²) in [5, 5.41) is 9.19. The van der Waals surface area contributed by atoms with Crippen LogP contribution in [0, 0.1) is 5.92 Å². The first kappa shape index (κ1) is 6.55. The maximum absolute atomic E-state index is 10.6. The summed E-state index contributed by atoms with van der Waals surface area (Å²) in [5.74, 6) is -0.431. The van der Waals surface area contributed by atoms with E-state index in [4.69, 9.17) is 0 Å². The summed E-state index contributed by atoms with van der Waals surface area (Å²) in [6, 6.07) is 0. The van der Waals surface area contributed by atoms with Crippen molar-refractivity contribution in [3.63, 3.8) is 0 Å². The van der Waals surface area contributed by atoms with Crippen molar-refractivity contribution in [1.29, 1.82) is 0 Å². The van der Waals surface area contributed by atoms with Crippen LogP contribution in [0.4, 0.5) is 0 Å². The van der Waals surface area contributed by atoms with Crippen LogP contribution >= 0.6 is 0 Å². The van der Waals surface area contributed by atoms with E-state index in [1.165, 1.54) is 7.11 Å². The van der Waals surface area contributed by atoms with Crippen LogP contribution in [0.15, 0.2) is 0 Å². The van der Waals surface area contributed by atoms with Gasteiger partial charge in [-0.2, -0.15) is 0 Å². The van der Waals surface area contributed by atoms with Gasteiger partial charge in [-0.1, -0.05) is 6.92 Å².